The predicted octanol–water partition coefficient (Wildman–Crippen LogP) is 3.13. The van der Waals surface area contributed by atoms with Gasteiger partial charge in [-0.3, -0.25) is 0 Å². The van der Waals surface area contributed by atoms with Crippen LogP contribution in [-0.2, 0) is 4.84 Å². The molecule has 84 valence electrons. The van der Waals surface area contributed by atoms with Crippen molar-refractivity contribution in [3.8, 4) is 0 Å². The molecule has 2 nitrogen and oxygen atoms in total. The first-order chi connectivity index (χ1) is 6.79. The molecule has 0 spiro atoms. The summed E-state index contributed by atoms with van der Waals surface area (Å²) in [6.07, 6.45) is 8.47. The summed E-state index contributed by atoms with van der Waals surface area (Å²) in [7, 11) is 0. The van der Waals surface area contributed by atoms with Gasteiger partial charge in [-0.05, 0) is 24.7 Å². The van der Waals surface area contributed by atoms with E-state index in [-0.39, 0.29) is 0 Å². The van der Waals surface area contributed by atoms with Crippen molar-refractivity contribution in [1.82, 2.24) is 5.48 Å². The molecule has 1 N–H and O–H groups in total. The average Bonchev–Trinajstić information content (AvgIpc) is 2.40. The van der Waals surface area contributed by atoms with Gasteiger partial charge in [-0.2, -0.15) is 0 Å². The molecule has 0 aliphatic heterocycles. The molecule has 1 saturated carbocycles. The van der Waals surface area contributed by atoms with Crippen LogP contribution in [0.15, 0.2) is 0 Å². The Labute approximate surface area is 88.4 Å². The van der Waals surface area contributed by atoms with Crippen LogP contribution >= 0.6 is 0 Å². The summed E-state index contributed by atoms with van der Waals surface area (Å²) >= 11 is 0. The average molecular weight is 199 g/mol. The van der Waals surface area contributed by atoms with Crippen molar-refractivity contribution in [3.63, 3.8) is 0 Å². The first-order valence-corrected chi connectivity index (χ1v) is 6.13. The van der Waals surface area contributed by atoms with Gasteiger partial charge in [-0.1, -0.05) is 39.5 Å². The van der Waals surface area contributed by atoms with Crippen molar-refractivity contribution >= 4 is 0 Å². The van der Waals surface area contributed by atoms with E-state index in [2.05, 4.69) is 19.3 Å². The summed E-state index contributed by atoms with van der Waals surface area (Å²) in [5, 5.41) is 0. The van der Waals surface area contributed by atoms with Crippen molar-refractivity contribution in [1.29, 1.82) is 0 Å². The van der Waals surface area contributed by atoms with E-state index < -0.39 is 0 Å². The van der Waals surface area contributed by atoms with Gasteiger partial charge < -0.3 is 4.84 Å². The number of hydrogen-bond acceptors (Lipinski definition) is 2. The molecule has 0 heterocycles. The third-order valence-electron chi connectivity index (χ3n) is 2.87. The lowest BCUT2D eigenvalue weighted by molar-refractivity contribution is 0.0149. The lowest BCUT2D eigenvalue weighted by atomic mass is 10.0. The molecule has 0 atom stereocenters. The number of hydroxylamine groups is 1. The summed E-state index contributed by atoms with van der Waals surface area (Å²) < 4.78 is 0. The zero-order valence-corrected chi connectivity index (χ0v) is 9.72. The summed E-state index contributed by atoms with van der Waals surface area (Å²) in [6.45, 7) is 6.22. The molecule has 0 amide bonds. The maximum Gasteiger partial charge on any atom is 0.0705 e. The largest absolute Gasteiger partial charge is 0.302 e. The second-order valence-corrected chi connectivity index (χ2v) is 4.91. The maximum absolute atomic E-state index is 5.39. The van der Waals surface area contributed by atoms with Gasteiger partial charge in [0.05, 0.1) is 6.61 Å². The SMILES string of the molecule is CC(C)CONCC1CCCCCC1. The van der Waals surface area contributed by atoms with Gasteiger partial charge in [0.1, 0.15) is 0 Å². The van der Waals surface area contributed by atoms with Gasteiger partial charge in [-0.15, -0.1) is 0 Å². The minimum Gasteiger partial charge on any atom is -0.302 e. The third kappa shape index (κ3) is 5.61. The highest BCUT2D eigenvalue weighted by atomic mass is 16.6. The Morgan fingerprint density at radius 3 is 2.36 bits per heavy atom. The van der Waals surface area contributed by atoms with Crippen LogP contribution in [0.5, 0.6) is 0 Å². The Bertz CT molecular complexity index is 128. The molecule has 1 aliphatic carbocycles. The quantitative estimate of drug-likeness (QED) is 0.417. The molecule has 1 aliphatic rings. The van der Waals surface area contributed by atoms with Crippen molar-refractivity contribution in [3.05, 3.63) is 0 Å². The number of rotatable bonds is 5. The van der Waals surface area contributed by atoms with Crippen LogP contribution in [-0.4, -0.2) is 13.2 Å². The van der Waals surface area contributed by atoms with Crippen LogP contribution in [0, 0.1) is 11.8 Å². The van der Waals surface area contributed by atoms with Gasteiger partial charge in [-0.25, -0.2) is 5.48 Å². The van der Waals surface area contributed by atoms with Crippen LogP contribution in [0.3, 0.4) is 0 Å². The standard InChI is InChI=1S/C12H25NO/c1-11(2)10-14-13-9-12-7-5-3-4-6-8-12/h11-13H,3-10H2,1-2H3. The Hall–Kier alpha value is -0.0800. The maximum atomic E-state index is 5.39. The smallest absolute Gasteiger partial charge is 0.0705 e. The van der Waals surface area contributed by atoms with Gasteiger partial charge in [0.15, 0.2) is 0 Å². The van der Waals surface area contributed by atoms with Crippen molar-refractivity contribution in [2.24, 2.45) is 11.8 Å². The topological polar surface area (TPSA) is 21.3 Å². The van der Waals surface area contributed by atoms with Gasteiger partial charge >= 0.3 is 0 Å². The molecule has 0 saturated heterocycles. The Kier molecular flexibility index (Phi) is 6.20. The molecule has 0 aromatic heterocycles. The molecule has 1 fully saturated rings. The van der Waals surface area contributed by atoms with Crippen LogP contribution in [0.2, 0.25) is 0 Å². The van der Waals surface area contributed by atoms with E-state index in [9.17, 15) is 0 Å². The second-order valence-electron chi connectivity index (χ2n) is 4.91. The third-order valence-corrected chi connectivity index (χ3v) is 2.87. The summed E-state index contributed by atoms with van der Waals surface area (Å²) in [5.41, 5.74) is 3.11. The minimum absolute atomic E-state index is 0.622. The number of hydrogen-bond donors (Lipinski definition) is 1. The molecule has 0 aromatic carbocycles. The van der Waals surface area contributed by atoms with E-state index in [0.29, 0.717) is 5.92 Å². The Morgan fingerprint density at radius 2 is 1.79 bits per heavy atom. The van der Waals surface area contributed by atoms with E-state index in [0.717, 1.165) is 19.1 Å². The fourth-order valence-corrected chi connectivity index (χ4v) is 1.97. The predicted molar refractivity (Wildman–Crippen MR) is 60.0 cm³/mol. The van der Waals surface area contributed by atoms with Crippen molar-refractivity contribution in [2.45, 2.75) is 52.4 Å². The lowest BCUT2D eigenvalue weighted by Gasteiger charge is -2.15. The van der Waals surface area contributed by atoms with E-state index in [4.69, 9.17) is 4.84 Å². The van der Waals surface area contributed by atoms with Crippen LogP contribution in [0.25, 0.3) is 0 Å². The summed E-state index contributed by atoms with van der Waals surface area (Å²) in [5.74, 6) is 1.47. The van der Waals surface area contributed by atoms with Crippen molar-refractivity contribution in [2.75, 3.05) is 13.2 Å². The summed E-state index contributed by atoms with van der Waals surface area (Å²) in [4.78, 5) is 5.39. The van der Waals surface area contributed by atoms with Crippen LogP contribution in [0.1, 0.15) is 52.4 Å². The first kappa shape index (κ1) is 12.0. The van der Waals surface area contributed by atoms with E-state index in [1.807, 2.05) is 0 Å². The fraction of sp³-hybridized carbons (Fsp3) is 1.00. The number of nitrogens with one attached hydrogen (secondary N) is 1. The first-order valence-electron chi connectivity index (χ1n) is 6.13. The van der Waals surface area contributed by atoms with Crippen LogP contribution < -0.4 is 5.48 Å². The minimum atomic E-state index is 0.622. The highest BCUT2D eigenvalue weighted by Gasteiger charge is 2.11. The Balaban J connectivity index is 1.99. The lowest BCUT2D eigenvalue weighted by Crippen LogP contribution is -2.24. The van der Waals surface area contributed by atoms with E-state index in [1.165, 1.54) is 38.5 Å². The molecule has 0 unspecified atom stereocenters. The fourth-order valence-electron chi connectivity index (χ4n) is 1.97. The molecule has 2 heteroatoms. The zero-order chi connectivity index (χ0) is 10.2. The second kappa shape index (κ2) is 7.24. The Morgan fingerprint density at radius 1 is 1.14 bits per heavy atom. The van der Waals surface area contributed by atoms with Crippen LogP contribution in [0.4, 0.5) is 0 Å². The molecule has 0 bridgehead atoms. The van der Waals surface area contributed by atoms with Crippen molar-refractivity contribution < 1.29 is 4.84 Å². The molecule has 0 aromatic rings. The molecule has 0 radical (unpaired) electrons. The monoisotopic (exact) mass is 199 g/mol. The highest BCUT2D eigenvalue weighted by Crippen LogP contribution is 2.21. The summed E-state index contributed by atoms with van der Waals surface area (Å²) in [6, 6.07) is 0. The van der Waals surface area contributed by atoms with Gasteiger partial charge in [0.2, 0.25) is 0 Å². The van der Waals surface area contributed by atoms with Gasteiger partial charge in [0.25, 0.3) is 0 Å². The molecule has 1 rings (SSSR count). The highest BCUT2D eigenvalue weighted by molar-refractivity contribution is 4.64. The molecule has 14 heavy (non-hydrogen) atoms. The zero-order valence-electron chi connectivity index (χ0n) is 9.72. The van der Waals surface area contributed by atoms with Gasteiger partial charge in [0, 0.05) is 6.54 Å². The van der Waals surface area contributed by atoms with E-state index in [1.54, 1.807) is 0 Å². The molecular weight excluding hydrogens is 174 g/mol. The normalized spacial score (nSPS) is 19.9. The van der Waals surface area contributed by atoms with E-state index >= 15 is 0 Å². The molecular formula is C12H25NO.